The first-order valence-electron chi connectivity index (χ1n) is 7.98. The van der Waals surface area contributed by atoms with Crippen LogP contribution in [0.15, 0.2) is 78.9 Å². The van der Waals surface area contributed by atoms with Crippen molar-refractivity contribution in [3.05, 3.63) is 95.6 Å². The van der Waals surface area contributed by atoms with Gasteiger partial charge in [0.2, 0.25) is 0 Å². The van der Waals surface area contributed by atoms with Crippen LogP contribution in [-0.2, 0) is 11.3 Å². The van der Waals surface area contributed by atoms with Crippen molar-refractivity contribution in [1.82, 2.24) is 0 Å². The van der Waals surface area contributed by atoms with Crippen molar-refractivity contribution in [3.63, 3.8) is 0 Å². The van der Waals surface area contributed by atoms with Crippen LogP contribution >= 0.6 is 0 Å². The lowest BCUT2D eigenvalue weighted by Gasteiger charge is -2.04. The summed E-state index contributed by atoms with van der Waals surface area (Å²) in [7, 11) is 0. The van der Waals surface area contributed by atoms with Crippen LogP contribution in [0.5, 0.6) is 11.5 Å². The molecule has 6 nitrogen and oxygen atoms in total. The molecule has 3 N–H and O–H groups in total. The third-order valence-corrected chi connectivity index (χ3v) is 3.43. The fourth-order valence-electron chi connectivity index (χ4n) is 2.01. The highest BCUT2D eigenvalue weighted by molar-refractivity contribution is 5.89. The summed E-state index contributed by atoms with van der Waals surface area (Å²) in [4.78, 5) is 21.9. The molecule has 0 aliphatic rings. The molecule has 0 radical (unpaired) electrons. The van der Waals surface area contributed by atoms with E-state index in [-0.39, 0.29) is 23.7 Å². The Bertz CT molecular complexity index is 871. The molecular formula is C21H18O6. The molecule has 0 heterocycles. The Kier molecular flexibility index (Phi) is 6.96. The molecule has 138 valence electrons. The Morgan fingerprint density at radius 1 is 0.704 bits per heavy atom. The van der Waals surface area contributed by atoms with Gasteiger partial charge in [0.25, 0.3) is 0 Å². The number of carbonyl (C=O) groups excluding carboxylic acids is 1. The second-order valence-corrected chi connectivity index (χ2v) is 5.46. The molecule has 0 unspecified atom stereocenters. The monoisotopic (exact) mass is 366 g/mol. The maximum atomic E-state index is 11.6. The van der Waals surface area contributed by atoms with Gasteiger partial charge in [0.15, 0.2) is 0 Å². The summed E-state index contributed by atoms with van der Waals surface area (Å²) in [6, 6.07) is 20.8. The molecule has 0 spiro atoms. The first-order chi connectivity index (χ1) is 13.0. The molecule has 3 rings (SSSR count). The molecule has 0 saturated heterocycles. The number of carboxylic acids is 1. The topological polar surface area (TPSA) is 104 Å². The second-order valence-electron chi connectivity index (χ2n) is 5.46. The first kappa shape index (κ1) is 19.5. The van der Waals surface area contributed by atoms with Crippen LogP contribution in [0, 0.1) is 0 Å². The van der Waals surface area contributed by atoms with Gasteiger partial charge in [-0.25, -0.2) is 9.59 Å². The fourth-order valence-corrected chi connectivity index (χ4v) is 2.01. The molecular weight excluding hydrogens is 348 g/mol. The van der Waals surface area contributed by atoms with Crippen LogP contribution in [0.3, 0.4) is 0 Å². The molecule has 3 aromatic carbocycles. The number of ether oxygens (including phenoxy) is 1. The normalized spacial score (nSPS) is 9.63. The van der Waals surface area contributed by atoms with Crippen molar-refractivity contribution in [1.29, 1.82) is 0 Å². The van der Waals surface area contributed by atoms with E-state index < -0.39 is 11.9 Å². The molecule has 0 aliphatic carbocycles. The van der Waals surface area contributed by atoms with Gasteiger partial charge in [-0.1, -0.05) is 30.3 Å². The lowest BCUT2D eigenvalue weighted by atomic mass is 10.2. The van der Waals surface area contributed by atoms with Crippen molar-refractivity contribution < 1.29 is 29.6 Å². The number of esters is 1. The first-order valence-corrected chi connectivity index (χ1v) is 7.98. The zero-order valence-corrected chi connectivity index (χ0v) is 14.3. The molecule has 0 fully saturated rings. The highest BCUT2D eigenvalue weighted by Crippen LogP contribution is 2.11. The predicted octanol–water partition coefficient (Wildman–Crippen LogP) is 3.84. The Balaban J connectivity index is 0.000000223. The lowest BCUT2D eigenvalue weighted by Crippen LogP contribution is -2.04. The number of aromatic hydroxyl groups is 2. The number of carbonyl (C=O) groups is 2. The van der Waals surface area contributed by atoms with Gasteiger partial charge in [-0.2, -0.15) is 0 Å². The third kappa shape index (κ3) is 6.55. The number of carboxylic acid groups (broad SMARTS) is 1. The summed E-state index contributed by atoms with van der Waals surface area (Å²) < 4.78 is 5.13. The number of aromatic carboxylic acids is 1. The maximum Gasteiger partial charge on any atom is 0.338 e. The van der Waals surface area contributed by atoms with E-state index in [0.29, 0.717) is 5.56 Å². The summed E-state index contributed by atoms with van der Waals surface area (Å²) in [5.74, 6) is -1.18. The van der Waals surface area contributed by atoms with Gasteiger partial charge < -0.3 is 20.1 Å². The summed E-state index contributed by atoms with van der Waals surface area (Å²) in [6.45, 7) is 0.251. The van der Waals surface area contributed by atoms with Gasteiger partial charge in [-0.3, -0.25) is 0 Å². The summed E-state index contributed by atoms with van der Waals surface area (Å²) in [5.41, 5.74) is 1.55. The largest absolute Gasteiger partial charge is 0.508 e. The van der Waals surface area contributed by atoms with Gasteiger partial charge in [0.1, 0.15) is 18.1 Å². The Morgan fingerprint density at radius 2 is 1.19 bits per heavy atom. The quantitative estimate of drug-likeness (QED) is 0.606. The van der Waals surface area contributed by atoms with Crippen LogP contribution < -0.4 is 0 Å². The highest BCUT2D eigenvalue weighted by Gasteiger charge is 2.06. The van der Waals surface area contributed by atoms with Crippen LogP contribution in [0.25, 0.3) is 0 Å². The van der Waals surface area contributed by atoms with Crippen LogP contribution in [0.2, 0.25) is 0 Å². The Hall–Kier alpha value is -3.80. The molecule has 0 amide bonds. The number of phenols is 2. The number of hydrogen-bond donors (Lipinski definition) is 3. The lowest BCUT2D eigenvalue weighted by molar-refractivity contribution is 0.0472. The van der Waals surface area contributed by atoms with Crippen molar-refractivity contribution in [2.75, 3.05) is 0 Å². The molecule has 0 bridgehead atoms. The van der Waals surface area contributed by atoms with Gasteiger partial charge in [-0.05, 0) is 54.1 Å². The molecule has 6 heteroatoms. The van der Waals surface area contributed by atoms with E-state index in [1.165, 1.54) is 48.5 Å². The molecule has 0 aromatic heterocycles. The molecule has 3 aromatic rings. The average Bonchev–Trinajstić information content (AvgIpc) is 2.68. The number of hydrogen-bond acceptors (Lipinski definition) is 5. The predicted molar refractivity (Wildman–Crippen MR) is 98.7 cm³/mol. The molecule has 27 heavy (non-hydrogen) atoms. The average molecular weight is 366 g/mol. The smallest absolute Gasteiger partial charge is 0.338 e. The van der Waals surface area contributed by atoms with Gasteiger partial charge in [0.05, 0.1) is 11.1 Å². The number of benzene rings is 3. The standard InChI is InChI=1S/C14H12O3.C7H6O3/c15-13-8-6-12(7-9-13)14(16)17-10-11-4-2-1-3-5-11;8-6-3-1-5(2-4-6)7(9)10/h1-9,15H,10H2;1-4,8H,(H,9,10). The van der Waals surface area contributed by atoms with Crippen molar-refractivity contribution in [3.8, 4) is 11.5 Å². The van der Waals surface area contributed by atoms with Crippen molar-refractivity contribution in [2.45, 2.75) is 6.61 Å². The minimum Gasteiger partial charge on any atom is -0.508 e. The zero-order valence-electron chi connectivity index (χ0n) is 14.3. The van der Waals surface area contributed by atoms with Crippen molar-refractivity contribution >= 4 is 11.9 Å². The number of phenolic OH excluding ortho intramolecular Hbond substituents is 2. The van der Waals surface area contributed by atoms with Crippen molar-refractivity contribution in [2.24, 2.45) is 0 Å². The summed E-state index contributed by atoms with van der Waals surface area (Å²) in [5, 5.41) is 26.2. The van der Waals surface area contributed by atoms with E-state index in [9.17, 15) is 9.59 Å². The number of rotatable bonds is 4. The SMILES string of the molecule is O=C(O)c1ccc(O)cc1.O=C(OCc1ccccc1)c1ccc(O)cc1. The van der Waals surface area contributed by atoms with E-state index >= 15 is 0 Å². The van der Waals surface area contributed by atoms with E-state index in [0.717, 1.165) is 5.56 Å². The van der Waals surface area contributed by atoms with Crippen LogP contribution in [-0.4, -0.2) is 27.3 Å². The van der Waals surface area contributed by atoms with Crippen LogP contribution in [0.4, 0.5) is 0 Å². The van der Waals surface area contributed by atoms with E-state index in [1.54, 1.807) is 0 Å². The van der Waals surface area contributed by atoms with Gasteiger partial charge >= 0.3 is 11.9 Å². The molecule has 0 saturated carbocycles. The highest BCUT2D eigenvalue weighted by atomic mass is 16.5. The Labute approximate surface area is 155 Å². The van der Waals surface area contributed by atoms with E-state index in [4.69, 9.17) is 20.1 Å². The minimum absolute atomic E-state index is 0.0741. The fraction of sp³-hybridized carbons (Fsp3) is 0.0476. The minimum atomic E-state index is -0.986. The third-order valence-electron chi connectivity index (χ3n) is 3.43. The van der Waals surface area contributed by atoms with Gasteiger partial charge in [0, 0.05) is 0 Å². The summed E-state index contributed by atoms with van der Waals surface area (Å²) in [6.07, 6.45) is 0. The zero-order chi connectivity index (χ0) is 19.6. The van der Waals surface area contributed by atoms with E-state index in [2.05, 4.69) is 0 Å². The molecule has 0 aliphatic heterocycles. The Morgan fingerprint density at radius 3 is 1.67 bits per heavy atom. The second kappa shape index (κ2) is 9.62. The molecule has 0 atom stereocenters. The van der Waals surface area contributed by atoms with Gasteiger partial charge in [-0.15, -0.1) is 0 Å². The van der Waals surface area contributed by atoms with E-state index in [1.807, 2.05) is 30.3 Å². The summed E-state index contributed by atoms with van der Waals surface area (Å²) >= 11 is 0. The van der Waals surface area contributed by atoms with Crippen LogP contribution in [0.1, 0.15) is 26.3 Å². The maximum absolute atomic E-state index is 11.6.